The van der Waals surface area contributed by atoms with Crippen molar-refractivity contribution in [3.8, 4) is 0 Å². The van der Waals surface area contributed by atoms with Crippen molar-refractivity contribution in [2.24, 2.45) is 5.73 Å². The molecule has 3 rings (SSSR count). The topological polar surface area (TPSA) is 164 Å². The van der Waals surface area contributed by atoms with Crippen LogP contribution in [0.4, 0.5) is 26.5 Å². The summed E-state index contributed by atoms with van der Waals surface area (Å²) in [7, 11) is 0. The summed E-state index contributed by atoms with van der Waals surface area (Å²) in [6.07, 6.45) is -0.632. The average molecular weight is 433 g/mol. The third-order valence-corrected chi connectivity index (χ3v) is 4.71. The average Bonchev–Trinajstić information content (AvgIpc) is 2.70. The van der Waals surface area contributed by atoms with Crippen LogP contribution in [0.3, 0.4) is 0 Å². The molecule has 1 aliphatic heterocycles. The fraction of sp³-hybridized carbons (Fsp3) is 0.421. The highest BCUT2D eigenvalue weighted by atomic mass is 19.1. The number of hydrogen-bond acceptors (Lipinski definition) is 8. The number of carboxylic acid groups (broad SMARTS) is 1. The van der Waals surface area contributed by atoms with Crippen LogP contribution in [-0.2, 0) is 4.74 Å². The number of aromatic nitrogens is 3. The van der Waals surface area contributed by atoms with Gasteiger partial charge in [-0.05, 0) is 24.5 Å². The molecule has 12 heteroatoms. The Morgan fingerprint density at radius 3 is 2.71 bits per heavy atom. The predicted octanol–water partition coefficient (Wildman–Crippen LogP) is 1.81. The zero-order valence-corrected chi connectivity index (χ0v) is 17.1. The van der Waals surface area contributed by atoms with Gasteiger partial charge in [-0.3, -0.25) is 4.79 Å². The van der Waals surface area contributed by atoms with Gasteiger partial charge in [0.05, 0.1) is 30.1 Å². The number of carbonyl (C=O) groups excluding carboxylic acids is 1. The minimum atomic E-state index is -1.16. The van der Waals surface area contributed by atoms with Crippen LogP contribution in [0.15, 0.2) is 18.2 Å². The quantitative estimate of drug-likeness (QED) is 0.438. The molecule has 0 aromatic carbocycles. The van der Waals surface area contributed by atoms with Crippen LogP contribution in [0.2, 0.25) is 0 Å². The molecule has 2 aromatic heterocycles. The van der Waals surface area contributed by atoms with E-state index in [1.807, 2.05) is 13.8 Å². The molecule has 1 fully saturated rings. The van der Waals surface area contributed by atoms with Gasteiger partial charge >= 0.3 is 6.09 Å². The first kappa shape index (κ1) is 22.2. The number of anilines is 3. The maximum Gasteiger partial charge on any atom is 0.405 e. The number of rotatable bonds is 7. The van der Waals surface area contributed by atoms with Crippen molar-refractivity contribution in [2.45, 2.75) is 38.3 Å². The van der Waals surface area contributed by atoms with Crippen molar-refractivity contribution in [1.29, 1.82) is 0 Å². The molecule has 2 amide bonds. The van der Waals surface area contributed by atoms with Crippen LogP contribution in [0.5, 0.6) is 0 Å². The van der Waals surface area contributed by atoms with Gasteiger partial charge in [0, 0.05) is 12.7 Å². The van der Waals surface area contributed by atoms with Crippen molar-refractivity contribution in [3.63, 3.8) is 0 Å². The molecule has 0 aliphatic carbocycles. The Hall–Kier alpha value is -3.54. The number of halogens is 1. The summed E-state index contributed by atoms with van der Waals surface area (Å²) < 4.78 is 19.3. The Labute approximate surface area is 177 Å². The van der Waals surface area contributed by atoms with Gasteiger partial charge in [0.25, 0.3) is 5.91 Å². The molecule has 2 atom stereocenters. The number of hydrogen-bond donors (Lipinski definition) is 5. The van der Waals surface area contributed by atoms with Gasteiger partial charge < -0.3 is 31.5 Å². The molecule has 0 bridgehead atoms. The molecule has 2 aromatic rings. The van der Waals surface area contributed by atoms with Crippen LogP contribution in [0, 0.1) is 5.82 Å². The van der Waals surface area contributed by atoms with Gasteiger partial charge in [0.1, 0.15) is 11.6 Å². The first-order chi connectivity index (χ1) is 14.7. The molecule has 0 saturated carbocycles. The number of primary amides is 1. The third-order valence-electron chi connectivity index (χ3n) is 4.71. The van der Waals surface area contributed by atoms with Gasteiger partial charge in [-0.2, -0.15) is 0 Å². The van der Waals surface area contributed by atoms with Crippen LogP contribution in [0.1, 0.15) is 42.4 Å². The Bertz CT molecular complexity index is 972. The lowest BCUT2D eigenvalue weighted by Gasteiger charge is -2.32. The van der Waals surface area contributed by atoms with Gasteiger partial charge in [0.15, 0.2) is 11.5 Å². The highest BCUT2D eigenvalue weighted by molar-refractivity contribution is 5.97. The third kappa shape index (κ3) is 5.54. The lowest BCUT2D eigenvalue weighted by molar-refractivity contribution is 0.0625. The second-order valence-electron chi connectivity index (χ2n) is 7.37. The summed E-state index contributed by atoms with van der Waals surface area (Å²) in [6, 6.07) is 3.44. The van der Waals surface area contributed by atoms with Crippen molar-refractivity contribution >= 4 is 29.3 Å². The van der Waals surface area contributed by atoms with Gasteiger partial charge in [-0.15, -0.1) is 10.2 Å². The molecule has 6 N–H and O–H groups in total. The SMILES string of the molecule is CC(C)c1nc(Nc2cc(N[C@@H]3CCOC[C@@H]3NC(=O)O)nnc2C(N)=O)ccc1F. The van der Waals surface area contributed by atoms with Crippen molar-refractivity contribution < 1.29 is 23.8 Å². The smallest absolute Gasteiger partial charge is 0.405 e. The van der Waals surface area contributed by atoms with Crippen molar-refractivity contribution in [1.82, 2.24) is 20.5 Å². The van der Waals surface area contributed by atoms with Crippen molar-refractivity contribution in [2.75, 3.05) is 23.8 Å². The first-order valence-corrected chi connectivity index (χ1v) is 9.69. The maximum absolute atomic E-state index is 14.0. The van der Waals surface area contributed by atoms with Crippen LogP contribution in [0.25, 0.3) is 0 Å². The van der Waals surface area contributed by atoms with E-state index in [-0.39, 0.29) is 35.6 Å². The Morgan fingerprint density at radius 1 is 1.26 bits per heavy atom. The van der Waals surface area contributed by atoms with E-state index in [0.717, 1.165) is 0 Å². The molecule has 0 radical (unpaired) electrons. The number of carbonyl (C=O) groups is 2. The highest BCUT2D eigenvalue weighted by Gasteiger charge is 2.28. The van der Waals surface area contributed by atoms with Crippen LogP contribution < -0.4 is 21.7 Å². The zero-order chi connectivity index (χ0) is 22.5. The second kappa shape index (κ2) is 9.51. The summed E-state index contributed by atoms with van der Waals surface area (Å²) in [5.74, 6) is -0.769. The zero-order valence-electron chi connectivity index (χ0n) is 17.1. The highest BCUT2D eigenvalue weighted by Crippen LogP contribution is 2.24. The van der Waals surface area contributed by atoms with E-state index in [2.05, 4.69) is 31.1 Å². The molecule has 0 spiro atoms. The number of pyridine rings is 1. The molecule has 1 aliphatic rings. The number of nitrogens with zero attached hydrogens (tertiary/aromatic N) is 3. The van der Waals surface area contributed by atoms with E-state index in [1.54, 1.807) is 0 Å². The molecule has 1 saturated heterocycles. The predicted molar refractivity (Wildman–Crippen MR) is 110 cm³/mol. The maximum atomic E-state index is 14.0. The molecular weight excluding hydrogens is 409 g/mol. The molecular formula is C19H24FN7O4. The number of amides is 2. The molecule has 166 valence electrons. The fourth-order valence-corrected chi connectivity index (χ4v) is 3.21. The summed E-state index contributed by atoms with van der Waals surface area (Å²) in [5.41, 5.74) is 5.80. The van der Waals surface area contributed by atoms with E-state index in [1.165, 1.54) is 18.2 Å². The standard InChI is InChI=1S/C19H24FN7O4/c1-9(2)16-10(20)3-4-14(25-16)23-12-7-15(26-27-17(12)18(21)28)22-11-5-6-31-8-13(11)24-19(29)30/h3-4,7,9,11,13,24H,5-6,8H2,1-2H3,(H2,21,28)(H,29,30)(H2,22,23,25,26)/t11-,13+/m1/s1. The summed E-state index contributed by atoms with van der Waals surface area (Å²) >= 11 is 0. The minimum Gasteiger partial charge on any atom is -0.465 e. The number of nitrogens with one attached hydrogen (secondary N) is 3. The lowest BCUT2D eigenvalue weighted by atomic mass is 10.0. The summed E-state index contributed by atoms with van der Waals surface area (Å²) in [4.78, 5) is 27.1. The van der Waals surface area contributed by atoms with Gasteiger partial charge in [-0.1, -0.05) is 13.8 Å². The van der Waals surface area contributed by atoms with E-state index in [9.17, 15) is 14.0 Å². The van der Waals surface area contributed by atoms with E-state index in [4.69, 9.17) is 15.6 Å². The number of ether oxygens (including phenoxy) is 1. The second-order valence-corrected chi connectivity index (χ2v) is 7.37. The molecule has 0 unspecified atom stereocenters. The summed E-state index contributed by atoms with van der Waals surface area (Å²) in [5, 5.41) is 25.3. The molecule has 11 nitrogen and oxygen atoms in total. The van der Waals surface area contributed by atoms with E-state index in [0.29, 0.717) is 24.7 Å². The molecule has 3 heterocycles. The monoisotopic (exact) mass is 433 g/mol. The largest absolute Gasteiger partial charge is 0.465 e. The van der Waals surface area contributed by atoms with E-state index < -0.39 is 23.9 Å². The molecule has 31 heavy (non-hydrogen) atoms. The normalized spacial score (nSPS) is 18.5. The number of nitrogens with two attached hydrogens (primary N) is 1. The van der Waals surface area contributed by atoms with Crippen molar-refractivity contribution in [3.05, 3.63) is 35.4 Å². The Morgan fingerprint density at radius 2 is 2.03 bits per heavy atom. The summed E-state index contributed by atoms with van der Waals surface area (Å²) in [6.45, 7) is 4.29. The Kier molecular flexibility index (Phi) is 6.80. The lowest BCUT2D eigenvalue weighted by Crippen LogP contribution is -2.52. The van der Waals surface area contributed by atoms with Crippen LogP contribution in [-0.4, -0.2) is 57.6 Å². The first-order valence-electron chi connectivity index (χ1n) is 9.69. The van der Waals surface area contributed by atoms with E-state index >= 15 is 0 Å². The van der Waals surface area contributed by atoms with Gasteiger partial charge in [-0.25, -0.2) is 14.2 Å². The Balaban J connectivity index is 1.86. The minimum absolute atomic E-state index is 0.116. The fourth-order valence-electron chi connectivity index (χ4n) is 3.21. The van der Waals surface area contributed by atoms with Crippen LogP contribution >= 0.6 is 0 Å². The van der Waals surface area contributed by atoms with Gasteiger partial charge in [0.2, 0.25) is 0 Å².